The third kappa shape index (κ3) is 1.72. The minimum absolute atomic E-state index is 0.828. The highest BCUT2D eigenvalue weighted by atomic mass is 79.9. The molecule has 0 atom stereocenters. The number of aryl methyl sites for hydroxylation is 3. The average molecular weight is 309 g/mol. The third-order valence-electron chi connectivity index (χ3n) is 3.71. The lowest BCUT2D eigenvalue weighted by Gasteiger charge is -2.15. The minimum atomic E-state index is 0.828. The average Bonchev–Trinajstić information content (AvgIpc) is 2.89. The summed E-state index contributed by atoms with van der Waals surface area (Å²) in [6, 6.07) is 0. The maximum Gasteiger partial charge on any atom is 0.140 e. The van der Waals surface area contributed by atoms with Crippen molar-refractivity contribution < 1.29 is 0 Å². The number of halogens is 1. The Labute approximate surface area is 115 Å². The van der Waals surface area contributed by atoms with Gasteiger partial charge in [-0.15, -0.1) is 0 Å². The number of rotatable bonds is 2. The Kier molecular flexibility index (Phi) is 3.01. The molecule has 2 heterocycles. The first-order valence-corrected chi connectivity index (χ1v) is 7.48. The fourth-order valence-corrected chi connectivity index (χ4v) is 3.46. The van der Waals surface area contributed by atoms with Gasteiger partial charge in [-0.1, -0.05) is 15.9 Å². The van der Waals surface area contributed by atoms with E-state index >= 15 is 0 Å². The van der Waals surface area contributed by atoms with Crippen LogP contribution in [0.1, 0.15) is 35.5 Å². The van der Waals surface area contributed by atoms with E-state index in [2.05, 4.69) is 37.5 Å². The SMILES string of the molecule is Cc1nn(C)c(-n2cnc3c2CCCC3)c1CBr. The Bertz CT molecular complexity index is 582. The molecule has 18 heavy (non-hydrogen) atoms. The van der Waals surface area contributed by atoms with Crippen LogP contribution in [0.15, 0.2) is 6.33 Å². The Morgan fingerprint density at radius 1 is 1.33 bits per heavy atom. The Morgan fingerprint density at radius 2 is 2.11 bits per heavy atom. The van der Waals surface area contributed by atoms with Gasteiger partial charge in [0.2, 0.25) is 0 Å². The molecule has 1 aliphatic carbocycles. The summed E-state index contributed by atoms with van der Waals surface area (Å²) in [5, 5.41) is 5.35. The van der Waals surface area contributed by atoms with Crippen LogP contribution in [0.25, 0.3) is 5.82 Å². The number of nitrogens with zero attached hydrogens (tertiary/aromatic N) is 4. The highest BCUT2D eigenvalue weighted by Gasteiger charge is 2.21. The summed E-state index contributed by atoms with van der Waals surface area (Å²) in [7, 11) is 2.00. The van der Waals surface area contributed by atoms with Crippen LogP contribution in [0.2, 0.25) is 0 Å². The fourth-order valence-electron chi connectivity index (χ4n) is 2.80. The predicted octanol–water partition coefficient (Wildman–Crippen LogP) is 2.69. The van der Waals surface area contributed by atoms with Crippen molar-refractivity contribution in [2.75, 3.05) is 0 Å². The molecular weight excluding hydrogens is 292 g/mol. The zero-order valence-electron chi connectivity index (χ0n) is 10.8. The molecule has 0 radical (unpaired) electrons. The van der Waals surface area contributed by atoms with E-state index < -0.39 is 0 Å². The molecule has 1 aliphatic rings. The van der Waals surface area contributed by atoms with Gasteiger partial charge in [-0.3, -0.25) is 9.25 Å². The molecule has 0 unspecified atom stereocenters. The smallest absolute Gasteiger partial charge is 0.140 e. The topological polar surface area (TPSA) is 35.6 Å². The van der Waals surface area contributed by atoms with Gasteiger partial charge < -0.3 is 0 Å². The summed E-state index contributed by atoms with van der Waals surface area (Å²) in [5.41, 5.74) is 4.97. The number of hydrogen-bond donors (Lipinski definition) is 0. The Hall–Kier alpha value is -1.10. The van der Waals surface area contributed by atoms with Crippen LogP contribution < -0.4 is 0 Å². The molecule has 0 N–H and O–H groups in total. The zero-order valence-corrected chi connectivity index (χ0v) is 12.4. The van der Waals surface area contributed by atoms with E-state index in [1.165, 1.54) is 29.8 Å². The van der Waals surface area contributed by atoms with E-state index in [0.717, 1.165) is 29.7 Å². The molecule has 0 saturated carbocycles. The first-order chi connectivity index (χ1) is 8.72. The maximum atomic E-state index is 4.57. The van der Waals surface area contributed by atoms with E-state index in [-0.39, 0.29) is 0 Å². The van der Waals surface area contributed by atoms with Crippen LogP contribution in [0.4, 0.5) is 0 Å². The first kappa shape index (κ1) is 12.0. The molecule has 0 spiro atoms. The largest absolute Gasteiger partial charge is 0.287 e. The lowest BCUT2D eigenvalue weighted by atomic mass is 10.0. The standard InChI is InChI=1S/C13H17BrN4/c1-9-10(7-14)13(17(2)16-9)18-8-15-11-5-3-4-6-12(11)18/h8H,3-7H2,1-2H3. The van der Waals surface area contributed by atoms with Crippen molar-refractivity contribution in [1.82, 2.24) is 19.3 Å². The summed E-state index contributed by atoms with van der Waals surface area (Å²) in [4.78, 5) is 4.57. The molecule has 2 aromatic rings. The van der Waals surface area contributed by atoms with Crippen molar-refractivity contribution in [3.63, 3.8) is 0 Å². The Balaban J connectivity index is 2.18. The van der Waals surface area contributed by atoms with Crippen LogP contribution in [-0.4, -0.2) is 19.3 Å². The minimum Gasteiger partial charge on any atom is -0.287 e. The van der Waals surface area contributed by atoms with E-state index in [4.69, 9.17) is 0 Å². The van der Waals surface area contributed by atoms with Crippen LogP contribution in [0.3, 0.4) is 0 Å². The number of fused-ring (bicyclic) bond motifs is 1. The lowest BCUT2D eigenvalue weighted by Crippen LogP contribution is -2.11. The molecule has 0 bridgehead atoms. The van der Waals surface area contributed by atoms with Crippen molar-refractivity contribution in [1.29, 1.82) is 0 Å². The molecule has 5 heteroatoms. The monoisotopic (exact) mass is 308 g/mol. The van der Waals surface area contributed by atoms with Crippen molar-refractivity contribution >= 4 is 15.9 Å². The summed E-state index contributed by atoms with van der Waals surface area (Å²) in [5.74, 6) is 1.15. The van der Waals surface area contributed by atoms with Crippen molar-refractivity contribution in [2.45, 2.75) is 37.9 Å². The predicted molar refractivity (Wildman–Crippen MR) is 74.3 cm³/mol. The molecule has 0 aromatic carbocycles. The van der Waals surface area contributed by atoms with Crippen molar-refractivity contribution in [3.05, 3.63) is 29.0 Å². The number of alkyl halides is 1. The molecular formula is C13H17BrN4. The summed E-state index contributed by atoms with van der Waals surface area (Å²) in [6.45, 7) is 2.06. The van der Waals surface area contributed by atoms with Gasteiger partial charge in [0.05, 0.1) is 11.4 Å². The first-order valence-electron chi connectivity index (χ1n) is 6.36. The van der Waals surface area contributed by atoms with Crippen LogP contribution >= 0.6 is 15.9 Å². The van der Waals surface area contributed by atoms with Gasteiger partial charge in [0.25, 0.3) is 0 Å². The van der Waals surface area contributed by atoms with Crippen molar-refractivity contribution in [3.8, 4) is 5.82 Å². The zero-order chi connectivity index (χ0) is 12.7. The van der Waals surface area contributed by atoms with Gasteiger partial charge >= 0.3 is 0 Å². The van der Waals surface area contributed by atoms with Gasteiger partial charge in [0.15, 0.2) is 0 Å². The van der Waals surface area contributed by atoms with Gasteiger partial charge in [-0.05, 0) is 32.6 Å². The van der Waals surface area contributed by atoms with Crippen LogP contribution in [-0.2, 0) is 25.2 Å². The fraction of sp³-hybridized carbons (Fsp3) is 0.538. The third-order valence-corrected chi connectivity index (χ3v) is 4.27. The summed E-state index contributed by atoms with van der Waals surface area (Å²) >= 11 is 3.57. The quantitative estimate of drug-likeness (QED) is 0.800. The van der Waals surface area contributed by atoms with Gasteiger partial charge in [0.1, 0.15) is 12.1 Å². The second-order valence-corrected chi connectivity index (χ2v) is 5.42. The Morgan fingerprint density at radius 3 is 2.89 bits per heavy atom. The van der Waals surface area contributed by atoms with E-state index in [0.29, 0.717) is 0 Å². The number of aromatic nitrogens is 4. The molecule has 0 aliphatic heterocycles. The number of imidazole rings is 1. The number of hydrogen-bond acceptors (Lipinski definition) is 2. The lowest BCUT2D eigenvalue weighted by molar-refractivity contribution is 0.642. The van der Waals surface area contributed by atoms with Crippen LogP contribution in [0.5, 0.6) is 0 Å². The molecule has 3 rings (SSSR count). The van der Waals surface area contributed by atoms with E-state index in [1.54, 1.807) is 0 Å². The molecule has 0 fully saturated rings. The maximum absolute atomic E-state index is 4.57. The highest BCUT2D eigenvalue weighted by Crippen LogP contribution is 2.26. The van der Waals surface area contributed by atoms with E-state index in [9.17, 15) is 0 Å². The summed E-state index contributed by atoms with van der Waals surface area (Å²) in [6.07, 6.45) is 6.72. The van der Waals surface area contributed by atoms with Gasteiger partial charge in [-0.2, -0.15) is 5.10 Å². The van der Waals surface area contributed by atoms with Gasteiger partial charge in [-0.25, -0.2) is 4.98 Å². The van der Waals surface area contributed by atoms with Gasteiger partial charge in [0, 0.05) is 23.6 Å². The van der Waals surface area contributed by atoms with Crippen LogP contribution in [0, 0.1) is 6.92 Å². The second-order valence-electron chi connectivity index (χ2n) is 4.86. The molecule has 2 aromatic heterocycles. The molecule has 96 valence electrons. The summed E-state index contributed by atoms with van der Waals surface area (Å²) < 4.78 is 4.19. The normalized spacial score (nSPS) is 14.8. The molecule has 4 nitrogen and oxygen atoms in total. The second kappa shape index (κ2) is 4.53. The van der Waals surface area contributed by atoms with E-state index in [1.807, 2.05) is 18.1 Å². The molecule has 0 amide bonds. The van der Waals surface area contributed by atoms with Crippen molar-refractivity contribution in [2.24, 2.45) is 7.05 Å². The molecule has 0 saturated heterocycles. The highest BCUT2D eigenvalue weighted by molar-refractivity contribution is 9.08.